The number of hydrogen-bond donors (Lipinski definition) is 0. The fourth-order valence-electron chi connectivity index (χ4n) is 3.87. The molecule has 1 atom stereocenters. The molecule has 1 aliphatic rings. The fourth-order valence-corrected chi connectivity index (χ4v) is 4.59. The summed E-state index contributed by atoms with van der Waals surface area (Å²) < 4.78 is 6.14. The molecule has 0 spiro atoms. The maximum absolute atomic E-state index is 6.14. The van der Waals surface area contributed by atoms with E-state index in [2.05, 4.69) is 99.5 Å². The summed E-state index contributed by atoms with van der Waals surface area (Å²) in [7, 11) is -1.47. The van der Waals surface area contributed by atoms with Crippen molar-refractivity contribution in [1.82, 2.24) is 0 Å². The van der Waals surface area contributed by atoms with Crippen LogP contribution in [0.5, 0.6) is 0 Å². The first-order chi connectivity index (χ1) is 13.8. The maximum Gasteiger partial charge on any atom is -1.00 e. The van der Waals surface area contributed by atoms with Crippen LogP contribution in [-0.2, 0) is 27.8 Å². The van der Waals surface area contributed by atoms with Gasteiger partial charge in [0.05, 0.1) is 0 Å². The molecule has 0 fully saturated rings. The molecule has 4 rings (SSSR count). The molecule has 3 aromatic rings. The summed E-state index contributed by atoms with van der Waals surface area (Å²) in [6.45, 7) is 12.2. The van der Waals surface area contributed by atoms with Crippen molar-refractivity contribution in [3.8, 4) is 0 Å². The third-order valence-electron chi connectivity index (χ3n) is 4.97. The van der Waals surface area contributed by atoms with Crippen molar-refractivity contribution >= 4 is 30.6 Å². The summed E-state index contributed by atoms with van der Waals surface area (Å²) in [5.74, 6) is 0.362. The Morgan fingerprint density at radius 1 is 0.968 bits per heavy atom. The van der Waals surface area contributed by atoms with Gasteiger partial charge < -0.3 is 29.2 Å². The van der Waals surface area contributed by atoms with Crippen LogP contribution in [0.1, 0.15) is 29.0 Å². The molecular weight excluding hydrogens is 535 g/mol. The average Bonchev–Trinajstić information content (AvgIpc) is 3.21. The van der Waals surface area contributed by atoms with E-state index in [1.807, 2.05) is 0 Å². The number of halogens is 2. The van der Waals surface area contributed by atoms with Crippen molar-refractivity contribution in [2.75, 3.05) is 6.61 Å². The van der Waals surface area contributed by atoms with E-state index < -0.39 is 8.32 Å². The van der Waals surface area contributed by atoms with Crippen LogP contribution in [0.2, 0.25) is 32.7 Å². The fraction of sp³-hybridized carbons (Fsp3) is 0.320. The Labute approximate surface area is 216 Å². The first-order valence-electron chi connectivity index (χ1n) is 10.4. The van der Waals surface area contributed by atoms with E-state index in [-0.39, 0.29) is 30.2 Å². The molecule has 164 valence electrons. The molecule has 0 radical (unpaired) electrons. The van der Waals surface area contributed by atoms with E-state index in [0.717, 1.165) is 13.0 Å². The summed E-state index contributed by atoms with van der Waals surface area (Å²) >= 11 is 1.74. The van der Waals surface area contributed by atoms with Crippen LogP contribution >= 0.6 is 0 Å². The summed E-state index contributed by atoms with van der Waals surface area (Å²) in [6, 6.07) is 22.1. The molecule has 0 saturated carbocycles. The monoisotopic (exact) mass is 563 g/mol. The van der Waals surface area contributed by atoms with Gasteiger partial charge in [0.25, 0.3) is 0 Å². The Balaban J connectivity index is 0.000000741. The Kier molecular flexibility index (Phi) is 11.8. The van der Waals surface area contributed by atoms with Gasteiger partial charge in [-0.15, -0.1) is 40.6 Å². The van der Waals surface area contributed by atoms with E-state index in [1.54, 1.807) is 23.3 Å². The van der Waals surface area contributed by atoms with Gasteiger partial charge in [-0.25, -0.2) is 0 Å². The number of benzene rings is 2. The molecule has 3 aromatic carbocycles. The smallest absolute Gasteiger partial charge is 1.00 e. The van der Waals surface area contributed by atoms with Crippen molar-refractivity contribution in [2.45, 2.75) is 45.1 Å². The molecule has 6 heteroatoms. The Morgan fingerprint density at radius 3 is 2.26 bits per heavy atom. The third-order valence-corrected chi connectivity index (χ3v) is 6.04. The second-order valence-corrected chi connectivity index (χ2v) is 22.8. The average molecular weight is 566 g/mol. The molecule has 0 N–H and O–H groups in total. The third kappa shape index (κ3) is 7.87. The van der Waals surface area contributed by atoms with Gasteiger partial charge in [0.15, 0.2) is 8.32 Å². The summed E-state index contributed by atoms with van der Waals surface area (Å²) in [5, 5.41) is 2.71. The van der Waals surface area contributed by atoms with Crippen molar-refractivity contribution < 1.29 is 52.6 Å². The normalized spacial score (nSPS) is 14.5. The quantitative estimate of drug-likeness (QED) is 0.333. The molecule has 1 nitrogen and oxygen atoms in total. The number of rotatable bonds is 5. The summed E-state index contributed by atoms with van der Waals surface area (Å²) in [4.78, 5) is 0. The number of hydrogen-bond acceptors (Lipinski definition) is 1. The van der Waals surface area contributed by atoms with E-state index in [1.165, 1.54) is 33.0 Å². The first-order valence-corrected chi connectivity index (χ1v) is 20.0. The summed E-state index contributed by atoms with van der Waals surface area (Å²) in [6.07, 6.45) is 3.39. The molecule has 1 aliphatic carbocycles. The topological polar surface area (TPSA) is 9.23 Å². The SMILES string of the molecule is C[Si](C)(C)OCCC1=Cc2ccccc2C1[c-]1ccc2ccccc21.C[Si](C)=[Zr+2].[Cl-].[Cl-]. The molecule has 0 bridgehead atoms. The van der Waals surface area contributed by atoms with Crippen LogP contribution in [0.15, 0.2) is 66.2 Å². The Hall–Kier alpha value is -0.353. The van der Waals surface area contributed by atoms with Gasteiger partial charge in [-0.2, -0.15) is 6.07 Å². The van der Waals surface area contributed by atoms with Gasteiger partial charge >= 0.3 is 41.9 Å². The van der Waals surface area contributed by atoms with Gasteiger partial charge in [0, 0.05) is 6.61 Å². The number of fused-ring (bicyclic) bond motifs is 2. The van der Waals surface area contributed by atoms with Crippen molar-refractivity contribution in [3.63, 3.8) is 0 Å². The molecule has 1 unspecified atom stereocenters. The molecule has 0 heterocycles. The van der Waals surface area contributed by atoms with Crippen LogP contribution in [-0.4, -0.2) is 20.4 Å². The Morgan fingerprint density at radius 2 is 1.58 bits per heavy atom. The predicted octanol–water partition coefficient (Wildman–Crippen LogP) is 1.12. The largest absolute Gasteiger partial charge is 1.00 e. The van der Waals surface area contributed by atoms with Crippen LogP contribution in [0, 0.1) is 0 Å². The van der Waals surface area contributed by atoms with Crippen LogP contribution in [0.3, 0.4) is 0 Å². The van der Waals surface area contributed by atoms with Gasteiger partial charge in [-0.1, -0.05) is 42.0 Å². The van der Waals surface area contributed by atoms with Crippen molar-refractivity contribution in [3.05, 3.63) is 82.9 Å². The summed E-state index contributed by atoms with van der Waals surface area (Å²) in [5.41, 5.74) is 5.92. The molecule has 31 heavy (non-hydrogen) atoms. The van der Waals surface area contributed by atoms with E-state index >= 15 is 0 Å². The first kappa shape index (κ1) is 28.7. The second kappa shape index (κ2) is 12.8. The van der Waals surface area contributed by atoms with Crippen molar-refractivity contribution in [1.29, 1.82) is 0 Å². The van der Waals surface area contributed by atoms with E-state index in [9.17, 15) is 0 Å². The molecule has 0 aliphatic heterocycles. The van der Waals surface area contributed by atoms with E-state index in [0.29, 0.717) is 5.92 Å². The van der Waals surface area contributed by atoms with Gasteiger partial charge in [0.2, 0.25) is 0 Å². The van der Waals surface area contributed by atoms with Crippen molar-refractivity contribution in [2.24, 2.45) is 0 Å². The minimum Gasteiger partial charge on any atom is -1.00 e. The molecule has 0 aromatic heterocycles. The maximum atomic E-state index is 6.14. The van der Waals surface area contributed by atoms with Gasteiger partial charge in [0.1, 0.15) is 0 Å². The Bertz CT molecular complexity index is 1030. The zero-order valence-electron chi connectivity index (χ0n) is 19.0. The molecule has 0 amide bonds. The van der Waals surface area contributed by atoms with Gasteiger partial charge in [-0.05, 0) is 43.1 Å². The van der Waals surface area contributed by atoms with Gasteiger partial charge in [-0.3, -0.25) is 0 Å². The van der Waals surface area contributed by atoms with E-state index in [4.69, 9.17) is 4.43 Å². The zero-order valence-corrected chi connectivity index (χ0v) is 25.0. The second-order valence-electron chi connectivity index (χ2n) is 8.87. The van der Waals surface area contributed by atoms with Crippen LogP contribution in [0.25, 0.3) is 16.8 Å². The predicted molar refractivity (Wildman–Crippen MR) is 127 cm³/mol. The molecular formula is C25H31Cl2OSi2Zr-. The van der Waals surface area contributed by atoms with Crippen LogP contribution in [0.4, 0.5) is 0 Å². The minimum absolute atomic E-state index is 0. The van der Waals surface area contributed by atoms with Crippen LogP contribution < -0.4 is 24.8 Å². The minimum atomic E-state index is -1.47. The standard InChI is InChI=1S/C23H25OSi.C2H6Si.2ClH.Zr/c1-25(2,3)24-15-14-19-16-18-9-5-7-11-21(18)23(19)22-13-12-17-8-4-6-10-20(17)22;1-3-2;;;/h4-13,16,23H,14-15H2,1-3H3;1-2H3;2*1H;/q-1;;;;+2/p-2. The molecule has 0 saturated heterocycles. The zero-order chi connectivity index (χ0) is 21.0.